The second-order valence-electron chi connectivity index (χ2n) is 5.85. The molecule has 0 radical (unpaired) electrons. The number of hydrogen-bond acceptors (Lipinski definition) is 3. The fourth-order valence-electron chi connectivity index (χ4n) is 3.02. The average molecular weight is 280 g/mol. The van der Waals surface area contributed by atoms with Gasteiger partial charge in [0.1, 0.15) is 0 Å². The number of carbonyl (C=O) groups is 1. The van der Waals surface area contributed by atoms with Crippen molar-refractivity contribution in [2.24, 2.45) is 5.92 Å². The number of carbonyl (C=O) groups excluding carboxylic acids is 1. The van der Waals surface area contributed by atoms with Crippen LogP contribution in [-0.2, 0) is 9.53 Å². The first kappa shape index (κ1) is 15.5. The third kappa shape index (κ3) is 4.91. The maximum absolute atomic E-state index is 12.2. The van der Waals surface area contributed by atoms with Crippen molar-refractivity contribution in [1.82, 2.24) is 10.2 Å². The summed E-state index contributed by atoms with van der Waals surface area (Å²) in [5.41, 5.74) is 0. The van der Waals surface area contributed by atoms with E-state index in [-0.39, 0.29) is 17.9 Å². The molecule has 1 saturated heterocycles. The van der Waals surface area contributed by atoms with Crippen molar-refractivity contribution in [3.8, 4) is 0 Å². The summed E-state index contributed by atoms with van der Waals surface area (Å²) in [6.07, 6.45) is 9.82. The topological polar surface area (TPSA) is 41.6 Å². The fraction of sp³-hybridized carbons (Fsp3) is 0.812. The Bertz CT molecular complexity index is 328. The van der Waals surface area contributed by atoms with E-state index >= 15 is 0 Å². The van der Waals surface area contributed by atoms with Gasteiger partial charge >= 0.3 is 0 Å². The summed E-state index contributed by atoms with van der Waals surface area (Å²) in [6.45, 7) is 6.76. The van der Waals surface area contributed by atoms with Crippen LogP contribution < -0.4 is 5.32 Å². The van der Waals surface area contributed by atoms with E-state index in [9.17, 15) is 4.79 Å². The van der Waals surface area contributed by atoms with Crippen LogP contribution in [0.3, 0.4) is 0 Å². The predicted octanol–water partition coefficient (Wildman–Crippen LogP) is 1.96. The highest BCUT2D eigenvalue weighted by Crippen LogP contribution is 2.23. The van der Waals surface area contributed by atoms with E-state index in [1.165, 1.54) is 0 Å². The third-order valence-electron chi connectivity index (χ3n) is 4.22. The molecule has 0 spiro atoms. The first-order valence-corrected chi connectivity index (χ1v) is 8.06. The molecule has 2 aliphatic rings. The first-order chi connectivity index (χ1) is 9.79. The fourth-order valence-corrected chi connectivity index (χ4v) is 3.02. The van der Waals surface area contributed by atoms with Gasteiger partial charge in [-0.1, -0.05) is 25.5 Å². The first-order valence-electron chi connectivity index (χ1n) is 8.06. The Kier molecular flexibility index (Phi) is 6.54. The lowest BCUT2D eigenvalue weighted by Crippen LogP contribution is -2.41. The molecule has 20 heavy (non-hydrogen) atoms. The molecule has 2 heterocycles. The second kappa shape index (κ2) is 8.42. The van der Waals surface area contributed by atoms with E-state index in [1.807, 2.05) is 0 Å². The van der Waals surface area contributed by atoms with Crippen LogP contribution in [0, 0.1) is 5.92 Å². The van der Waals surface area contributed by atoms with Crippen LogP contribution in [0.1, 0.15) is 39.0 Å². The van der Waals surface area contributed by atoms with Crippen LogP contribution in [0.4, 0.5) is 0 Å². The van der Waals surface area contributed by atoms with Crippen LogP contribution in [-0.4, -0.2) is 49.7 Å². The van der Waals surface area contributed by atoms with Gasteiger partial charge in [0, 0.05) is 38.7 Å². The van der Waals surface area contributed by atoms with E-state index in [1.54, 1.807) is 0 Å². The quantitative estimate of drug-likeness (QED) is 0.756. The summed E-state index contributed by atoms with van der Waals surface area (Å²) in [5, 5.41) is 3.10. The Morgan fingerprint density at radius 2 is 2.35 bits per heavy atom. The normalized spacial score (nSPS) is 27.4. The van der Waals surface area contributed by atoms with Crippen LogP contribution in [0.2, 0.25) is 0 Å². The highest BCUT2D eigenvalue weighted by Gasteiger charge is 2.27. The Hall–Kier alpha value is -0.870. The Morgan fingerprint density at radius 3 is 3.10 bits per heavy atom. The lowest BCUT2D eigenvalue weighted by Gasteiger charge is -2.29. The van der Waals surface area contributed by atoms with E-state index in [2.05, 4.69) is 29.3 Å². The third-order valence-corrected chi connectivity index (χ3v) is 4.22. The van der Waals surface area contributed by atoms with E-state index in [4.69, 9.17) is 4.74 Å². The number of nitrogens with one attached hydrogen (secondary N) is 1. The zero-order chi connectivity index (χ0) is 14.2. The molecule has 0 aromatic carbocycles. The van der Waals surface area contributed by atoms with Crippen molar-refractivity contribution >= 4 is 5.91 Å². The summed E-state index contributed by atoms with van der Waals surface area (Å²) >= 11 is 0. The molecule has 1 N–H and O–H groups in total. The number of hydrogen-bond donors (Lipinski definition) is 1. The van der Waals surface area contributed by atoms with E-state index in [0.29, 0.717) is 0 Å². The summed E-state index contributed by atoms with van der Waals surface area (Å²) in [7, 11) is 0. The van der Waals surface area contributed by atoms with Crippen molar-refractivity contribution in [3.05, 3.63) is 12.2 Å². The lowest BCUT2D eigenvalue weighted by molar-refractivity contribution is -0.130. The van der Waals surface area contributed by atoms with Gasteiger partial charge in [-0.15, -0.1) is 0 Å². The Labute approximate surface area is 122 Å². The summed E-state index contributed by atoms with van der Waals surface area (Å²) in [6, 6.07) is 0. The summed E-state index contributed by atoms with van der Waals surface area (Å²) in [5.74, 6) is 0.378. The maximum Gasteiger partial charge on any atom is 0.223 e. The molecule has 0 aromatic heterocycles. The Balaban J connectivity index is 1.64. The van der Waals surface area contributed by atoms with Crippen molar-refractivity contribution in [3.63, 3.8) is 0 Å². The van der Waals surface area contributed by atoms with Gasteiger partial charge in [-0.25, -0.2) is 0 Å². The minimum atomic E-state index is 0.154. The molecule has 1 amide bonds. The Morgan fingerprint density at radius 1 is 1.45 bits per heavy atom. The van der Waals surface area contributed by atoms with E-state index in [0.717, 1.165) is 64.9 Å². The maximum atomic E-state index is 12.2. The van der Waals surface area contributed by atoms with Gasteiger partial charge in [-0.3, -0.25) is 9.69 Å². The van der Waals surface area contributed by atoms with Gasteiger partial charge in [-0.05, 0) is 25.7 Å². The zero-order valence-corrected chi connectivity index (χ0v) is 12.6. The molecule has 1 fully saturated rings. The van der Waals surface area contributed by atoms with Crippen molar-refractivity contribution in [2.75, 3.05) is 32.8 Å². The molecule has 0 saturated carbocycles. The highest BCUT2D eigenvalue weighted by atomic mass is 16.5. The molecule has 0 unspecified atom stereocenters. The molecular formula is C16H28N2O2. The standard InChI is InChI=1S/C16H28N2O2/c1-2-6-15-13-14(7-12-20-15)16(19)17-8-11-18-9-4-3-5-10-18/h3-4,14-15H,2,5-13H2,1H3,(H,17,19)/t14-,15-/m0/s1. The highest BCUT2D eigenvalue weighted by molar-refractivity contribution is 5.78. The molecule has 0 aliphatic carbocycles. The number of amides is 1. The monoisotopic (exact) mass is 280 g/mol. The molecule has 4 nitrogen and oxygen atoms in total. The summed E-state index contributed by atoms with van der Waals surface area (Å²) < 4.78 is 5.70. The molecule has 0 bridgehead atoms. The number of ether oxygens (including phenoxy) is 1. The van der Waals surface area contributed by atoms with Gasteiger partial charge in [0.05, 0.1) is 6.10 Å². The smallest absolute Gasteiger partial charge is 0.223 e. The van der Waals surface area contributed by atoms with Gasteiger partial charge in [0.15, 0.2) is 0 Å². The zero-order valence-electron chi connectivity index (χ0n) is 12.6. The van der Waals surface area contributed by atoms with Crippen LogP contribution in [0.25, 0.3) is 0 Å². The van der Waals surface area contributed by atoms with Crippen LogP contribution in [0.5, 0.6) is 0 Å². The largest absolute Gasteiger partial charge is 0.378 e. The van der Waals surface area contributed by atoms with Crippen LogP contribution in [0.15, 0.2) is 12.2 Å². The molecule has 0 aromatic rings. The predicted molar refractivity (Wildman–Crippen MR) is 80.6 cm³/mol. The van der Waals surface area contributed by atoms with Crippen molar-refractivity contribution in [2.45, 2.75) is 45.1 Å². The minimum Gasteiger partial charge on any atom is -0.378 e. The van der Waals surface area contributed by atoms with Gasteiger partial charge in [0.2, 0.25) is 5.91 Å². The molecule has 2 aliphatic heterocycles. The van der Waals surface area contributed by atoms with Gasteiger partial charge in [0.25, 0.3) is 0 Å². The molecule has 2 rings (SSSR count). The van der Waals surface area contributed by atoms with E-state index < -0.39 is 0 Å². The summed E-state index contributed by atoms with van der Waals surface area (Å²) in [4.78, 5) is 14.6. The lowest BCUT2D eigenvalue weighted by atomic mass is 9.93. The number of nitrogens with zero attached hydrogens (tertiary/aromatic N) is 1. The number of rotatable bonds is 6. The van der Waals surface area contributed by atoms with Crippen LogP contribution >= 0.6 is 0 Å². The molecule has 2 atom stereocenters. The van der Waals surface area contributed by atoms with Gasteiger partial charge in [-0.2, -0.15) is 0 Å². The minimum absolute atomic E-state index is 0.154. The van der Waals surface area contributed by atoms with Gasteiger partial charge < -0.3 is 10.1 Å². The molecular weight excluding hydrogens is 252 g/mol. The average Bonchev–Trinajstić information content (AvgIpc) is 2.49. The SMILES string of the molecule is CCC[C@H]1C[C@@H](C(=O)NCCN2CC=CCC2)CCO1. The molecule has 4 heteroatoms. The molecule has 114 valence electrons. The van der Waals surface area contributed by atoms with Crippen molar-refractivity contribution < 1.29 is 9.53 Å². The van der Waals surface area contributed by atoms with Crippen molar-refractivity contribution in [1.29, 1.82) is 0 Å². The second-order valence-corrected chi connectivity index (χ2v) is 5.85.